The van der Waals surface area contributed by atoms with E-state index in [0.29, 0.717) is 18.9 Å². The molecule has 0 fully saturated rings. The van der Waals surface area contributed by atoms with Crippen LogP contribution < -0.4 is 4.72 Å². The van der Waals surface area contributed by atoms with Gasteiger partial charge in [-0.2, -0.15) is 0 Å². The highest BCUT2D eigenvalue weighted by Crippen LogP contribution is 2.21. The van der Waals surface area contributed by atoms with Gasteiger partial charge in [0.15, 0.2) is 0 Å². The first kappa shape index (κ1) is 15.0. The molecule has 1 heterocycles. The number of aromatic nitrogens is 2. The fraction of sp³-hybridized carbons (Fsp3) is 0.500. The van der Waals surface area contributed by atoms with Gasteiger partial charge in [0.25, 0.3) is 0 Å². The molecule has 0 unspecified atom stereocenters. The van der Waals surface area contributed by atoms with Crippen molar-refractivity contribution in [3.05, 3.63) is 29.6 Å². The molecular weight excluding hydrogens is 274 g/mol. The van der Waals surface area contributed by atoms with Gasteiger partial charge in [0.1, 0.15) is 5.82 Å². The molecule has 0 amide bonds. The second kappa shape index (κ2) is 5.54. The quantitative estimate of drug-likeness (QED) is 0.914. The van der Waals surface area contributed by atoms with E-state index >= 15 is 0 Å². The SMILES string of the molecule is CC(C)c1nc2cc(CCNS(C)(=O)=O)ccc2n1C. The molecule has 0 atom stereocenters. The molecule has 0 aliphatic carbocycles. The van der Waals surface area contributed by atoms with Crippen LogP contribution in [0, 0.1) is 0 Å². The third-order valence-electron chi connectivity index (χ3n) is 3.27. The fourth-order valence-corrected chi connectivity index (χ4v) is 2.79. The van der Waals surface area contributed by atoms with E-state index in [4.69, 9.17) is 0 Å². The van der Waals surface area contributed by atoms with Gasteiger partial charge in [0.05, 0.1) is 17.3 Å². The number of hydrogen-bond acceptors (Lipinski definition) is 3. The first-order valence-corrected chi connectivity index (χ1v) is 8.57. The summed E-state index contributed by atoms with van der Waals surface area (Å²) in [6.45, 7) is 4.66. The molecule has 1 aromatic carbocycles. The van der Waals surface area contributed by atoms with Crippen LogP contribution in [0.3, 0.4) is 0 Å². The average molecular weight is 295 g/mol. The van der Waals surface area contributed by atoms with Crippen molar-refractivity contribution < 1.29 is 8.42 Å². The van der Waals surface area contributed by atoms with E-state index in [-0.39, 0.29) is 0 Å². The summed E-state index contributed by atoms with van der Waals surface area (Å²) in [5.41, 5.74) is 3.16. The Morgan fingerprint density at radius 2 is 2.05 bits per heavy atom. The Morgan fingerprint density at radius 3 is 2.65 bits per heavy atom. The maximum atomic E-state index is 11.0. The Kier molecular flexibility index (Phi) is 4.15. The zero-order chi connectivity index (χ0) is 14.9. The molecule has 5 nitrogen and oxygen atoms in total. The Morgan fingerprint density at radius 1 is 1.35 bits per heavy atom. The molecule has 0 radical (unpaired) electrons. The molecule has 110 valence electrons. The van der Waals surface area contributed by atoms with Crippen molar-refractivity contribution in [2.24, 2.45) is 7.05 Å². The van der Waals surface area contributed by atoms with Crippen LogP contribution in [0.4, 0.5) is 0 Å². The first-order valence-electron chi connectivity index (χ1n) is 6.68. The maximum Gasteiger partial charge on any atom is 0.208 e. The molecule has 2 aromatic rings. The monoisotopic (exact) mass is 295 g/mol. The summed E-state index contributed by atoms with van der Waals surface area (Å²) in [7, 11) is -1.10. The van der Waals surface area contributed by atoms with Crippen LogP contribution in [0.15, 0.2) is 18.2 Å². The third kappa shape index (κ3) is 3.37. The molecule has 0 saturated carbocycles. The van der Waals surface area contributed by atoms with Crippen molar-refractivity contribution in [2.75, 3.05) is 12.8 Å². The molecule has 1 aromatic heterocycles. The predicted molar refractivity (Wildman–Crippen MR) is 81.4 cm³/mol. The standard InChI is InChI=1S/C14H21N3O2S/c1-10(2)14-16-12-9-11(5-6-13(12)17(14)3)7-8-15-20(4,18)19/h5-6,9-10,15H,7-8H2,1-4H3. The number of imidazole rings is 1. The van der Waals surface area contributed by atoms with Crippen LogP contribution in [-0.2, 0) is 23.5 Å². The lowest BCUT2D eigenvalue weighted by Crippen LogP contribution is -2.24. The van der Waals surface area contributed by atoms with E-state index in [1.165, 1.54) is 6.26 Å². The van der Waals surface area contributed by atoms with Gasteiger partial charge in [-0.25, -0.2) is 18.1 Å². The van der Waals surface area contributed by atoms with Crippen LogP contribution in [-0.4, -0.2) is 30.8 Å². The van der Waals surface area contributed by atoms with Crippen LogP contribution in [0.5, 0.6) is 0 Å². The molecular formula is C14H21N3O2S. The van der Waals surface area contributed by atoms with E-state index in [1.54, 1.807) is 0 Å². The summed E-state index contributed by atoms with van der Waals surface area (Å²) in [5.74, 6) is 1.44. The van der Waals surface area contributed by atoms with Crippen LogP contribution in [0.2, 0.25) is 0 Å². The predicted octanol–water partition coefficient (Wildman–Crippen LogP) is 1.79. The van der Waals surface area contributed by atoms with Crippen molar-refractivity contribution in [1.29, 1.82) is 0 Å². The zero-order valence-electron chi connectivity index (χ0n) is 12.3. The van der Waals surface area contributed by atoms with Gasteiger partial charge >= 0.3 is 0 Å². The minimum absolute atomic E-state index is 0.378. The van der Waals surface area contributed by atoms with Crippen LogP contribution in [0.25, 0.3) is 11.0 Å². The molecule has 0 spiro atoms. The fourth-order valence-electron chi connectivity index (χ4n) is 2.32. The lowest BCUT2D eigenvalue weighted by molar-refractivity contribution is 0.588. The first-order chi connectivity index (χ1) is 9.28. The molecule has 20 heavy (non-hydrogen) atoms. The highest BCUT2D eigenvalue weighted by molar-refractivity contribution is 7.88. The van der Waals surface area contributed by atoms with Crippen LogP contribution >= 0.6 is 0 Å². The maximum absolute atomic E-state index is 11.0. The largest absolute Gasteiger partial charge is 0.331 e. The molecule has 6 heteroatoms. The van der Waals surface area contributed by atoms with Crippen LogP contribution in [0.1, 0.15) is 31.2 Å². The van der Waals surface area contributed by atoms with Gasteiger partial charge in [-0.15, -0.1) is 0 Å². The lowest BCUT2D eigenvalue weighted by atomic mass is 10.1. The van der Waals surface area contributed by atoms with Gasteiger partial charge in [0, 0.05) is 19.5 Å². The van der Waals surface area contributed by atoms with Crippen molar-refractivity contribution >= 4 is 21.1 Å². The summed E-state index contributed by atoms with van der Waals surface area (Å²) in [6, 6.07) is 6.10. The number of nitrogens with zero attached hydrogens (tertiary/aromatic N) is 2. The minimum atomic E-state index is -3.12. The van der Waals surface area contributed by atoms with E-state index < -0.39 is 10.0 Å². The summed E-state index contributed by atoms with van der Waals surface area (Å²) >= 11 is 0. The number of hydrogen-bond donors (Lipinski definition) is 1. The van der Waals surface area contributed by atoms with Gasteiger partial charge in [-0.3, -0.25) is 0 Å². The number of aryl methyl sites for hydroxylation is 1. The van der Waals surface area contributed by atoms with Crippen molar-refractivity contribution in [3.63, 3.8) is 0 Å². The van der Waals surface area contributed by atoms with Crippen molar-refractivity contribution in [3.8, 4) is 0 Å². The second-order valence-electron chi connectivity index (χ2n) is 5.42. The summed E-state index contributed by atoms with van der Waals surface area (Å²) < 4.78 is 26.7. The Balaban J connectivity index is 2.21. The molecule has 2 rings (SSSR count). The summed E-state index contributed by atoms with van der Waals surface area (Å²) in [6.07, 6.45) is 1.83. The van der Waals surface area contributed by atoms with Crippen molar-refractivity contribution in [1.82, 2.24) is 14.3 Å². The normalized spacial score (nSPS) is 12.4. The Bertz CT molecular complexity index is 717. The molecule has 1 N–H and O–H groups in total. The highest BCUT2D eigenvalue weighted by Gasteiger charge is 2.11. The number of sulfonamides is 1. The van der Waals surface area contributed by atoms with Gasteiger partial charge < -0.3 is 4.57 Å². The van der Waals surface area contributed by atoms with Gasteiger partial charge in [-0.1, -0.05) is 19.9 Å². The van der Waals surface area contributed by atoms with Gasteiger partial charge in [-0.05, 0) is 24.1 Å². The second-order valence-corrected chi connectivity index (χ2v) is 7.26. The summed E-state index contributed by atoms with van der Waals surface area (Å²) in [4.78, 5) is 4.65. The van der Waals surface area contributed by atoms with Gasteiger partial charge in [0.2, 0.25) is 10.0 Å². The molecule has 0 aliphatic rings. The smallest absolute Gasteiger partial charge is 0.208 e. The number of rotatable bonds is 5. The Labute approximate surface area is 120 Å². The average Bonchev–Trinajstić information content (AvgIpc) is 2.65. The van der Waals surface area contributed by atoms with E-state index in [9.17, 15) is 8.42 Å². The topological polar surface area (TPSA) is 64.0 Å². The number of benzene rings is 1. The zero-order valence-corrected chi connectivity index (χ0v) is 13.2. The number of nitrogens with one attached hydrogen (secondary N) is 1. The minimum Gasteiger partial charge on any atom is -0.331 e. The molecule has 0 bridgehead atoms. The number of fused-ring (bicyclic) bond motifs is 1. The third-order valence-corrected chi connectivity index (χ3v) is 4.00. The molecule has 0 aliphatic heterocycles. The van der Waals surface area contributed by atoms with E-state index in [1.807, 2.05) is 25.2 Å². The highest BCUT2D eigenvalue weighted by atomic mass is 32.2. The van der Waals surface area contributed by atoms with E-state index in [0.717, 1.165) is 22.4 Å². The summed E-state index contributed by atoms with van der Waals surface area (Å²) in [5, 5.41) is 0. The van der Waals surface area contributed by atoms with E-state index in [2.05, 4.69) is 28.1 Å². The molecule has 0 saturated heterocycles. The Hall–Kier alpha value is -1.40. The van der Waals surface area contributed by atoms with Crippen molar-refractivity contribution in [2.45, 2.75) is 26.2 Å². The lowest BCUT2D eigenvalue weighted by Gasteiger charge is -2.05.